The van der Waals surface area contributed by atoms with Gasteiger partial charge < -0.3 is 15.7 Å². The normalized spacial score (nSPS) is 23.4. The number of carbonyl (C=O) groups excluding carboxylic acids is 1. The van der Waals surface area contributed by atoms with Crippen LogP contribution in [0.2, 0.25) is 0 Å². The first-order valence-electron chi connectivity index (χ1n) is 7.34. The van der Waals surface area contributed by atoms with E-state index in [0.717, 1.165) is 32.1 Å². The highest BCUT2D eigenvalue weighted by atomic mass is 16.3. The zero-order valence-corrected chi connectivity index (χ0v) is 11.2. The van der Waals surface area contributed by atoms with E-state index in [0.29, 0.717) is 19.0 Å². The molecule has 0 saturated heterocycles. The molecule has 2 aliphatic carbocycles. The number of hydrogen-bond donors (Lipinski definition) is 2. The van der Waals surface area contributed by atoms with E-state index in [1.165, 1.54) is 19.3 Å². The number of aliphatic hydroxyl groups excluding tert-OH is 1. The van der Waals surface area contributed by atoms with E-state index in [1.54, 1.807) is 0 Å². The van der Waals surface area contributed by atoms with Crippen LogP contribution < -0.4 is 5.73 Å². The molecule has 2 rings (SSSR count). The van der Waals surface area contributed by atoms with E-state index in [4.69, 9.17) is 10.8 Å². The van der Waals surface area contributed by atoms with Crippen molar-refractivity contribution in [3.05, 3.63) is 0 Å². The molecule has 0 radical (unpaired) electrons. The average molecular weight is 254 g/mol. The Kier molecular flexibility index (Phi) is 4.62. The zero-order valence-electron chi connectivity index (χ0n) is 11.2. The zero-order chi connectivity index (χ0) is 13.0. The van der Waals surface area contributed by atoms with E-state index in [2.05, 4.69) is 0 Å². The summed E-state index contributed by atoms with van der Waals surface area (Å²) in [5.74, 6) is 0.151. The van der Waals surface area contributed by atoms with E-state index in [-0.39, 0.29) is 18.1 Å². The number of carbonyl (C=O) groups is 1. The van der Waals surface area contributed by atoms with Crippen molar-refractivity contribution in [3.63, 3.8) is 0 Å². The van der Waals surface area contributed by atoms with Crippen LogP contribution in [-0.4, -0.2) is 40.6 Å². The summed E-state index contributed by atoms with van der Waals surface area (Å²) < 4.78 is 0. The Hall–Kier alpha value is -0.610. The fourth-order valence-electron chi connectivity index (χ4n) is 3.22. The van der Waals surface area contributed by atoms with Gasteiger partial charge in [-0.25, -0.2) is 0 Å². The highest BCUT2D eigenvalue weighted by Gasteiger charge is 2.37. The van der Waals surface area contributed by atoms with Gasteiger partial charge in [0.25, 0.3) is 0 Å². The van der Waals surface area contributed by atoms with Gasteiger partial charge in [0.1, 0.15) is 0 Å². The molecule has 0 aromatic carbocycles. The third-order valence-corrected chi connectivity index (χ3v) is 4.53. The summed E-state index contributed by atoms with van der Waals surface area (Å²) in [6, 6.07) is 0.335. The minimum atomic E-state index is -0.251. The smallest absolute Gasteiger partial charge is 0.224 e. The Morgan fingerprint density at radius 2 is 1.89 bits per heavy atom. The molecular weight excluding hydrogens is 228 g/mol. The van der Waals surface area contributed by atoms with E-state index in [1.807, 2.05) is 4.90 Å². The van der Waals surface area contributed by atoms with Crippen molar-refractivity contribution in [3.8, 4) is 0 Å². The van der Waals surface area contributed by atoms with Gasteiger partial charge in [-0.1, -0.05) is 19.3 Å². The largest absolute Gasteiger partial charge is 0.395 e. The van der Waals surface area contributed by atoms with E-state index >= 15 is 0 Å². The van der Waals surface area contributed by atoms with Gasteiger partial charge in [0.2, 0.25) is 5.91 Å². The molecule has 0 aromatic rings. The molecular formula is C14H26N2O2. The van der Waals surface area contributed by atoms with Crippen LogP contribution >= 0.6 is 0 Å². The number of nitrogens with two attached hydrogens (primary N) is 1. The van der Waals surface area contributed by atoms with Crippen molar-refractivity contribution < 1.29 is 9.90 Å². The second kappa shape index (κ2) is 6.02. The van der Waals surface area contributed by atoms with Crippen LogP contribution in [0.1, 0.15) is 57.8 Å². The number of nitrogens with zero attached hydrogens (tertiary/aromatic N) is 1. The number of aliphatic hydroxyl groups is 1. The number of rotatable bonds is 5. The molecule has 0 aromatic heterocycles. The number of amides is 1. The summed E-state index contributed by atoms with van der Waals surface area (Å²) in [4.78, 5) is 14.3. The second-order valence-corrected chi connectivity index (χ2v) is 6.00. The topological polar surface area (TPSA) is 66.6 Å². The summed E-state index contributed by atoms with van der Waals surface area (Å²) >= 11 is 0. The standard InChI is InChI=1S/C14H26N2O2/c15-14(7-4-8-14)11-13(18)16(9-10-17)12-5-2-1-3-6-12/h12,17H,1-11,15H2. The highest BCUT2D eigenvalue weighted by Crippen LogP contribution is 2.33. The van der Waals surface area contributed by atoms with Gasteiger partial charge in [0.15, 0.2) is 0 Å². The third kappa shape index (κ3) is 3.23. The summed E-state index contributed by atoms with van der Waals surface area (Å²) in [5, 5.41) is 9.16. The molecule has 2 saturated carbocycles. The lowest BCUT2D eigenvalue weighted by molar-refractivity contribution is -0.137. The molecule has 0 unspecified atom stereocenters. The first kappa shape index (κ1) is 13.8. The van der Waals surface area contributed by atoms with Gasteiger partial charge in [0.05, 0.1) is 6.61 Å². The molecule has 4 nitrogen and oxygen atoms in total. The number of hydrogen-bond acceptors (Lipinski definition) is 3. The minimum absolute atomic E-state index is 0.0554. The predicted molar refractivity (Wildman–Crippen MR) is 71.1 cm³/mol. The van der Waals surface area contributed by atoms with Crippen molar-refractivity contribution >= 4 is 5.91 Å². The van der Waals surface area contributed by atoms with Crippen LogP contribution in [0.15, 0.2) is 0 Å². The van der Waals surface area contributed by atoms with Gasteiger partial charge in [-0.3, -0.25) is 4.79 Å². The summed E-state index contributed by atoms with van der Waals surface area (Å²) in [6.07, 6.45) is 9.40. The molecule has 0 bridgehead atoms. The first-order valence-corrected chi connectivity index (χ1v) is 7.34. The van der Waals surface area contributed by atoms with E-state index in [9.17, 15) is 4.79 Å². The molecule has 3 N–H and O–H groups in total. The fourth-order valence-corrected chi connectivity index (χ4v) is 3.22. The van der Waals surface area contributed by atoms with Crippen LogP contribution in [0.5, 0.6) is 0 Å². The fraction of sp³-hybridized carbons (Fsp3) is 0.929. The summed E-state index contributed by atoms with van der Waals surface area (Å²) in [7, 11) is 0. The molecule has 18 heavy (non-hydrogen) atoms. The monoisotopic (exact) mass is 254 g/mol. The van der Waals surface area contributed by atoms with Gasteiger partial charge in [-0.2, -0.15) is 0 Å². The molecule has 1 amide bonds. The lowest BCUT2D eigenvalue weighted by atomic mass is 9.75. The Balaban J connectivity index is 1.92. The summed E-state index contributed by atoms with van der Waals surface area (Å²) in [6.45, 7) is 0.527. The average Bonchev–Trinajstić information content (AvgIpc) is 2.35. The molecule has 4 heteroatoms. The summed E-state index contributed by atoms with van der Waals surface area (Å²) in [5.41, 5.74) is 5.91. The molecule has 0 atom stereocenters. The van der Waals surface area contributed by atoms with Crippen LogP contribution in [0.4, 0.5) is 0 Å². The van der Waals surface area contributed by atoms with E-state index < -0.39 is 0 Å². The maximum Gasteiger partial charge on any atom is 0.224 e. The van der Waals surface area contributed by atoms with Gasteiger partial charge in [-0.15, -0.1) is 0 Å². The van der Waals surface area contributed by atoms with Crippen molar-refractivity contribution in [2.75, 3.05) is 13.2 Å². The molecule has 0 spiro atoms. The maximum atomic E-state index is 12.4. The molecule has 0 heterocycles. The highest BCUT2D eigenvalue weighted by molar-refractivity contribution is 5.78. The van der Waals surface area contributed by atoms with Crippen molar-refractivity contribution in [1.29, 1.82) is 0 Å². The van der Waals surface area contributed by atoms with Crippen LogP contribution in [0.3, 0.4) is 0 Å². The Labute approximate surface area is 110 Å². The molecule has 2 aliphatic rings. The maximum absolute atomic E-state index is 12.4. The second-order valence-electron chi connectivity index (χ2n) is 6.00. The lowest BCUT2D eigenvalue weighted by Crippen LogP contribution is -2.52. The van der Waals surface area contributed by atoms with Gasteiger partial charge in [-0.05, 0) is 32.1 Å². The van der Waals surface area contributed by atoms with Crippen LogP contribution in [0.25, 0.3) is 0 Å². The van der Waals surface area contributed by atoms with Crippen LogP contribution in [0, 0.1) is 0 Å². The first-order chi connectivity index (χ1) is 8.64. The molecule has 104 valence electrons. The Morgan fingerprint density at radius 3 is 2.39 bits per heavy atom. The lowest BCUT2D eigenvalue weighted by Gasteiger charge is -2.41. The third-order valence-electron chi connectivity index (χ3n) is 4.53. The van der Waals surface area contributed by atoms with Crippen LogP contribution in [-0.2, 0) is 4.79 Å². The molecule has 0 aliphatic heterocycles. The van der Waals surface area contributed by atoms with Gasteiger partial charge in [0, 0.05) is 24.5 Å². The Morgan fingerprint density at radius 1 is 1.22 bits per heavy atom. The Bertz CT molecular complexity index is 284. The van der Waals surface area contributed by atoms with Gasteiger partial charge >= 0.3 is 0 Å². The minimum Gasteiger partial charge on any atom is -0.395 e. The van der Waals surface area contributed by atoms with Crippen molar-refractivity contribution in [2.24, 2.45) is 5.73 Å². The van der Waals surface area contributed by atoms with Crippen molar-refractivity contribution in [1.82, 2.24) is 4.90 Å². The SMILES string of the molecule is NC1(CC(=O)N(CCO)C2CCCCC2)CCC1. The van der Waals surface area contributed by atoms with Crippen molar-refractivity contribution in [2.45, 2.75) is 69.4 Å². The quantitative estimate of drug-likeness (QED) is 0.779. The predicted octanol–water partition coefficient (Wildman–Crippen LogP) is 1.41. The molecule has 2 fully saturated rings.